The quantitative estimate of drug-likeness (QED) is 0.674. The molecule has 2 amide bonds. The van der Waals surface area contributed by atoms with Gasteiger partial charge in [0.2, 0.25) is 5.91 Å². The molecule has 4 fully saturated rings. The minimum atomic E-state index is -0.375. The van der Waals surface area contributed by atoms with E-state index in [1.54, 1.807) is 0 Å². The minimum absolute atomic E-state index is 0.163. The zero-order valence-corrected chi connectivity index (χ0v) is 18.5. The molecule has 4 rings (SSSR count). The zero-order valence-electron chi connectivity index (χ0n) is 18.5. The fraction of sp³-hybridized carbons (Fsp3) is 0.909. The molecule has 0 N–H and O–H groups in total. The van der Waals surface area contributed by atoms with Crippen molar-refractivity contribution < 1.29 is 14.3 Å². The van der Waals surface area contributed by atoms with E-state index in [0.29, 0.717) is 25.5 Å². The lowest BCUT2D eigenvalue weighted by molar-refractivity contribution is -0.136. The number of piperidine rings is 1. The molecule has 29 heavy (non-hydrogen) atoms. The first-order chi connectivity index (χ1) is 13.8. The summed E-state index contributed by atoms with van der Waals surface area (Å²) in [4.78, 5) is 34.0. The van der Waals surface area contributed by atoms with Gasteiger partial charge in [0, 0.05) is 64.6 Å². The van der Waals surface area contributed by atoms with Crippen molar-refractivity contribution in [2.24, 2.45) is 11.3 Å². The van der Waals surface area contributed by atoms with E-state index >= 15 is 0 Å². The molecule has 0 aromatic heterocycles. The van der Waals surface area contributed by atoms with Gasteiger partial charge in [-0.05, 0) is 31.3 Å². The van der Waals surface area contributed by atoms with E-state index in [0.717, 1.165) is 71.5 Å². The number of ether oxygens (including phenoxy) is 1. The van der Waals surface area contributed by atoms with Crippen LogP contribution in [0.4, 0.5) is 4.79 Å². The molecule has 3 heterocycles. The Labute approximate surface area is 175 Å². The summed E-state index contributed by atoms with van der Waals surface area (Å²) in [7, 11) is 0. The Kier molecular flexibility index (Phi) is 5.81. The Morgan fingerprint density at radius 3 is 2.24 bits per heavy atom. The van der Waals surface area contributed by atoms with Crippen LogP contribution < -0.4 is 0 Å². The van der Waals surface area contributed by atoms with Crippen LogP contribution in [0.3, 0.4) is 0 Å². The average Bonchev–Trinajstić information content (AvgIpc) is 3.24. The van der Waals surface area contributed by atoms with Gasteiger partial charge in [-0.15, -0.1) is 0 Å². The van der Waals surface area contributed by atoms with E-state index in [2.05, 4.69) is 30.6 Å². The predicted molar refractivity (Wildman–Crippen MR) is 112 cm³/mol. The lowest BCUT2D eigenvalue weighted by Crippen LogP contribution is -2.49. The predicted octanol–water partition coefficient (Wildman–Crippen LogP) is 1.87. The van der Waals surface area contributed by atoms with Crippen molar-refractivity contribution >= 4 is 12.0 Å². The number of nitrogens with zero attached hydrogens (tertiary/aromatic N) is 4. The second-order valence-corrected chi connectivity index (χ2v) is 10.2. The lowest BCUT2D eigenvalue weighted by Gasteiger charge is -2.37. The van der Waals surface area contributed by atoms with Gasteiger partial charge in [0.15, 0.2) is 0 Å². The molecule has 7 heteroatoms. The second kappa shape index (κ2) is 8.06. The van der Waals surface area contributed by atoms with Crippen molar-refractivity contribution in [1.82, 2.24) is 19.6 Å². The molecule has 1 atom stereocenters. The standard InChI is InChI=1S/C22H38N4O3/c1-4-23-12-14-24(15-13-23)8-5-9-26-17-22(29-20(26)28)6-10-25(11-7-22)19(27)18-16-21(18,2)3/h18H,4-17H2,1-3H3. The molecule has 1 aliphatic carbocycles. The first-order valence-corrected chi connectivity index (χ1v) is 11.5. The topological polar surface area (TPSA) is 56.3 Å². The summed E-state index contributed by atoms with van der Waals surface area (Å²) in [6, 6.07) is 0. The summed E-state index contributed by atoms with van der Waals surface area (Å²) >= 11 is 0. The molecule has 3 aliphatic heterocycles. The van der Waals surface area contributed by atoms with E-state index in [-0.39, 0.29) is 23.0 Å². The number of carbonyl (C=O) groups excluding carboxylic acids is 2. The van der Waals surface area contributed by atoms with Crippen LogP contribution in [0, 0.1) is 11.3 Å². The maximum atomic E-state index is 12.6. The molecular weight excluding hydrogens is 368 g/mol. The van der Waals surface area contributed by atoms with Gasteiger partial charge in [-0.3, -0.25) is 4.79 Å². The maximum Gasteiger partial charge on any atom is 0.410 e. The van der Waals surface area contributed by atoms with Gasteiger partial charge in [0.1, 0.15) is 5.60 Å². The minimum Gasteiger partial charge on any atom is -0.441 e. The summed E-state index contributed by atoms with van der Waals surface area (Å²) in [5.74, 6) is 0.493. The zero-order chi connectivity index (χ0) is 20.6. The molecular formula is C22H38N4O3. The molecule has 0 radical (unpaired) electrons. The van der Waals surface area contributed by atoms with Crippen molar-refractivity contribution in [3.63, 3.8) is 0 Å². The van der Waals surface area contributed by atoms with Crippen LogP contribution in [0.1, 0.15) is 46.5 Å². The average molecular weight is 407 g/mol. The van der Waals surface area contributed by atoms with Crippen LogP contribution in [0.25, 0.3) is 0 Å². The van der Waals surface area contributed by atoms with Gasteiger partial charge in [-0.25, -0.2) is 4.79 Å². The highest BCUT2D eigenvalue weighted by molar-refractivity contribution is 5.82. The summed E-state index contributed by atoms with van der Waals surface area (Å²) in [6.45, 7) is 16.2. The largest absolute Gasteiger partial charge is 0.441 e. The van der Waals surface area contributed by atoms with Crippen LogP contribution in [0.15, 0.2) is 0 Å². The molecule has 0 bridgehead atoms. The first kappa shape index (κ1) is 20.9. The summed E-state index contributed by atoms with van der Waals surface area (Å²) in [5, 5.41) is 0. The van der Waals surface area contributed by atoms with E-state index < -0.39 is 0 Å². The SMILES string of the molecule is CCN1CCN(CCCN2CC3(CCN(C(=O)C4CC4(C)C)CC3)OC2=O)CC1. The van der Waals surface area contributed by atoms with E-state index in [1.807, 2.05) is 9.80 Å². The van der Waals surface area contributed by atoms with E-state index in [4.69, 9.17) is 4.74 Å². The molecule has 7 nitrogen and oxygen atoms in total. The Bertz CT molecular complexity index is 622. The van der Waals surface area contributed by atoms with Gasteiger partial charge in [-0.1, -0.05) is 20.8 Å². The smallest absolute Gasteiger partial charge is 0.410 e. The summed E-state index contributed by atoms with van der Waals surface area (Å²) in [5.41, 5.74) is -0.203. The molecule has 1 saturated carbocycles. The monoisotopic (exact) mass is 406 g/mol. The Morgan fingerprint density at radius 2 is 1.66 bits per heavy atom. The Morgan fingerprint density at radius 1 is 1.03 bits per heavy atom. The number of piperazine rings is 1. The van der Waals surface area contributed by atoms with E-state index in [9.17, 15) is 9.59 Å². The van der Waals surface area contributed by atoms with Crippen LogP contribution in [0.5, 0.6) is 0 Å². The third kappa shape index (κ3) is 4.55. The third-order valence-corrected chi connectivity index (χ3v) is 7.65. The number of carbonyl (C=O) groups is 2. The van der Waals surface area contributed by atoms with Gasteiger partial charge in [-0.2, -0.15) is 0 Å². The maximum absolute atomic E-state index is 12.6. The highest BCUT2D eigenvalue weighted by atomic mass is 16.6. The fourth-order valence-electron chi connectivity index (χ4n) is 5.18. The number of hydrogen-bond acceptors (Lipinski definition) is 5. The fourth-order valence-corrected chi connectivity index (χ4v) is 5.18. The summed E-state index contributed by atoms with van der Waals surface area (Å²) < 4.78 is 5.85. The number of amides is 2. The number of rotatable bonds is 6. The van der Waals surface area contributed by atoms with Crippen molar-refractivity contribution in [3.8, 4) is 0 Å². The highest BCUT2D eigenvalue weighted by Crippen LogP contribution is 2.52. The van der Waals surface area contributed by atoms with E-state index in [1.165, 1.54) is 0 Å². The van der Waals surface area contributed by atoms with Gasteiger partial charge in [0.25, 0.3) is 0 Å². The number of likely N-dealkylation sites (tertiary alicyclic amines) is 1. The number of likely N-dealkylation sites (N-methyl/N-ethyl adjacent to an activating group) is 1. The molecule has 0 aromatic rings. The molecule has 3 saturated heterocycles. The van der Waals surface area contributed by atoms with Gasteiger partial charge in [0.05, 0.1) is 6.54 Å². The third-order valence-electron chi connectivity index (χ3n) is 7.65. The summed E-state index contributed by atoms with van der Waals surface area (Å²) in [6.07, 6.45) is 3.38. The van der Waals surface area contributed by atoms with Crippen molar-refractivity contribution in [3.05, 3.63) is 0 Å². The van der Waals surface area contributed by atoms with Crippen molar-refractivity contribution in [2.75, 3.05) is 65.4 Å². The first-order valence-electron chi connectivity index (χ1n) is 11.5. The van der Waals surface area contributed by atoms with Crippen LogP contribution >= 0.6 is 0 Å². The molecule has 0 aromatic carbocycles. The van der Waals surface area contributed by atoms with Gasteiger partial charge >= 0.3 is 6.09 Å². The highest BCUT2D eigenvalue weighted by Gasteiger charge is 2.54. The van der Waals surface area contributed by atoms with Gasteiger partial charge < -0.3 is 24.3 Å². The molecule has 1 unspecified atom stereocenters. The van der Waals surface area contributed by atoms with Crippen LogP contribution in [0.2, 0.25) is 0 Å². The molecule has 1 spiro atoms. The lowest BCUT2D eigenvalue weighted by atomic mass is 9.91. The Balaban J connectivity index is 1.19. The molecule has 4 aliphatic rings. The molecule has 164 valence electrons. The number of hydrogen-bond donors (Lipinski definition) is 0. The Hall–Kier alpha value is -1.34. The van der Waals surface area contributed by atoms with Crippen LogP contribution in [-0.2, 0) is 9.53 Å². The van der Waals surface area contributed by atoms with Crippen LogP contribution in [-0.4, -0.2) is 103 Å². The van der Waals surface area contributed by atoms with Crippen molar-refractivity contribution in [2.45, 2.75) is 52.1 Å². The van der Waals surface area contributed by atoms with Crippen molar-refractivity contribution in [1.29, 1.82) is 0 Å². The second-order valence-electron chi connectivity index (χ2n) is 10.2. The normalized spacial score (nSPS) is 29.3.